The monoisotopic (exact) mass is 1520 g/mol. The van der Waals surface area contributed by atoms with E-state index in [0.717, 1.165) is 53.3 Å². The van der Waals surface area contributed by atoms with Crippen molar-refractivity contribution < 1.29 is 97.0 Å². The second kappa shape index (κ2) is 41.0. The minimum atomic E-state index is -2.12. The van der Waals surface area contributed by atoms with Crippen molar-refractivity contribution in [1.29, 1.82) is 0 Å². The highest BCUT2D eigenvalue weighted by Gasteiger charge is 2.43. The Morgan fingerprint density at radius 1 is 0.591 bits per heavy atom. The molecule has 0 saturated carbocycles. The highest BCUT2D eigenvalue weighted by atomic mass is 19.1. The number of methoxy groups -OCH3 is 1. The van der Waals surface area contributed by atoms with Crippen molar-refractivity contribution in [3.05, 3.63) is 167 Å². The molecule has 0 bridgehead atoms. The quantitative estimate of drug-likeness (QED) is 0.0244. The molecule has 0 saturated heterocycles. The first-order valence-electron chi connectivity index (χ1n) is 36.2. The number of carboxylic acid groups (broad SMARTS) is 2. The number of carboxylic acids is 2. The minimum Gasteiger partial charge on any atom is -0.497 e. The normalized spacial score (nSPS) is 14.7. The van der Waals surface area contributed by atoms with E-state index < -0.39 is 218 Å². The number of carbonyl (C=O) groups excluding carboxylic acids is 11. The molecule has 0 fully saturated rings. The van der Waals surface area contributed by atoms with Crippen LogP contribution in [0.2, 0.25) is 0 Å². The number of aromatic amines is 1. The predicted octanol–water partition coefficient (Wildman–Crippen LogP) is 4.81. The molecular formula is C81H100FN9O19. The van der Waals surface area contributed by atoms with E-state index >= 15 is 4.39 Å². The number of aliphatic hydroxyl groups excluding tert-OH is 3. The van der Waals surface area contributed by atoms with Crippen LogP contribution in [0, 0.1) is 35.4 Å². The average Bonchev–Trinajstić information content (AvgIpc) is 0.960. The number of aliphatic carboxylic acids is 2. The first kappa shape index (κ1) is 87.9. The van der Waals surface area contributed by atoms with Crippen LogP contribution < -0.4 is 42.8 Å². The number of nitrogens with zero attached hydrogens (tertiary/aromatic N) is 1. The molecular weight excluding hydrogens is 1420 g/mol. The van der Waals surface area contributed by atoms with Gasteiger partial charge in [-0.1, -0.05) is 125 Å². The average molecular weight is 1520 g/mol. The fourth-order valence-electron chi connectivity index (χ4n) is 12.8. The number of H-pyrrole nitrogens is 1. The van der Waals surface area contributed by atoms with Crippen molar-refractivity contribution in [3.8, 4) is 28.0 Å². The lowest BCUT2D eigenvalue weighted by Crippen LogP contribution is -2.55. The smallest absolute Gasteiger partial charge is 0.305 e. The van der Waals surface area contributed by atoms with Gasteiger partial charge in [0.2, 0.25) is 35.4 Å². The minimum absolute atomic E-state index is 0.0642. The molecule has 6 amide bonds. The number of primary amides is 1. The Hall–Kier alpha value is -11.0. The predicted molar refractivity (Wildman–Crippen MR) is 402 cm³/mol. The Bertz CT molecular complexity index is 4260. The van der Waals surface area contributed by atoms with Crippen LogP contribution in [0.5, 0.6) is 5.75 Å². The maximum Gasteiger partial charge on any atom is 0.305 e. The summed E-state index contributed by atoms with van der Waals surface area (Å²) in [5.41, 5.74) is 15.6. The molecule has 110 heavy (non-hydrogen) atoms. The molecule has 1 aromatic heterocycles. The Morgan fingerprint density at radius 3 is 1.75 bits per heavy atom. The number of rotatable bonds is 46. The van der Waals surface area contributed by atoms with E-state index in [0.29, 0.717) is 29.0 Å². The van der Waals surface area contributed by atoms with Crippen LogP contribution in [0.4, 0.5) is 4.39 Å². The molecule has 0 spiro atoms. The molecule has 2 unspecified atom stereocenters. The molecule has 0 aliphatic heterocycles. The summed E-state index contributed by atoms with van der Waals surface area (Å²) < 4.78 is 21.0. The van der Waals surface area contributed by atoms with Crippen molar-refractivity contribution in [3.63, 3.8) is 0 Å². The number of hydrogen-bond donors (Lipinski definition) is 13. The van der Waals surface area contributed by atoms with Gasteiger partial charge in [0.1, 0.15) is 29.7 Å². The van der Waals surface area contributed by atoms with E-state index in [4.69, 9.17) is 16.2 Å². The number of Topliss-reactive ketones (excluding diaryl/α,β-unsaturated/α-hetero) is 5. The van der Waals surface area contributed by atoms with Gasteiger partial charge in [-0.3, -0.25) is 62.3 Å². The summed E-state index contributed by atoms with van der Waals surface area (Å²) in [5.74, 6) is -16.7. The number of nitrogens with two attached hydrogens (primary N) is 2. The van der Waals surface area contributed by atoms with Gasteiger partial charge in [-0.2, -0.15) is 0 Å². The number of amides is 6. The number of ketones is 5. The number of ether oxygens (including phenoxy) is 1. The number of halogens is 1. The maximum absolute atomic E-state index is 15.5. The van der Waals surface area contributed by atoms with Crippen molar-refractivity contribution in [2.45, 2.75) is 187 Å². The van der Waals surface area contributed by atoms with Gasteiger partial charge in [0.25, 0.3) is 0 Å². The van der Waals surface area contributed by atoms with E-state index in [2.05, 4.69) is 36.6 Å². The van der Waals surface area contributed by atoms with E-state index in [1.54, 1.807) is 31.4 Å². The Kier molecular flexibility index (Phi) is 32.7. The van der Waals surface area contributed by atoms with Gasteiger partial charge in [0.15, 0.2) is 28.9 Å². The molecule has 0 radical (unpaired) electrons. The third-order valence-corrected chi connectivity index (χ3v) is 19.4. The molecule has 590 valence electrons. The number of imidazole rings is 1. The zero-order chi connectivity index (χ0) is 81.3. The number of hydrogen-bond acceptors (Lipinski definition) is 19. The molecule has 15 N–H and O–H groups in total. The SMILES string of the molecule is CCc1cc(OC)ccc1-c1ccc(C[C@H](CC(=O)[C@H](CC(=O)O)NC(=O)[C@H](CO)CC(=O)[C@@H](NC(=O)[C@@](C)(CC(=O)[C@@H](NC(=O)CCC(=O)[C@H](CCC(=O)O)NC(=O)C(C)(C)CC(=O)[C@@H](N)Cc2cnc[nH]2)C(C)O)Cc2ccccc2F)C(C)O)C(=O)N[C@@H](Cc2ccc(-c3ccccc3C)cc2)C(N)=O)cc1. The molecule has 6 rings (SSSR count). The van der Waals surface area contributed by atoms with Crippen molar-refractivity contribution in [1.82, 2.24) is 36.6 Å². The first-order valence-corrected chi connectivity index (χ1v) is 36.2. The zero-order valence-corrected chi connectivity index (χ0v) is 62.9. The lowest BCUT2D eigenvalue weighted by atomic mass is 9.76. The highest BCUT2D eigenvalue weighted by Crippen LogP contribution is 2.33. The fraction of sp³-hybridized carbons (Fsp3) is 0.432. The summed E-state index contributed by atoms with van der Waals surface area (Å²) in [6, 6.07) is 23.3. The van der Waals surface area contributed by atoms with E-state index in [1.807, 2.05) is 80.6 Å². The molecule has 0 aliphatic carbocycles. The van der Waals surface area contributed by atoms with Crippen LogP contribution in [0.1, 0.15) is 133 Å². The summed E-state index contributed by atoms with van der Waals surface area (Å²) in [6.07, 6.45) is -7.17. The zero-order valence-electron chi connectivity index (χ0n) is 62.9. The molecule has 28 nitrogen and oxygen atoms in total. The number of carbonyl (C=O) groups is 13. The Balaban J connectivity index is 1.17. The molecule has 0 aliphatic rings. The number of aliphatic hydroxyl groups is 3. The molecule has 1 heterocycles. The number of nitrogens with one attached hydrogen (secondary N) is 6. The van der Waals surface area contributed by atoms with Crippen molar-refractivity contribution in [2.75, 3.05) is 13.7 Å². The summed E-state index contributed by atoms with van der Waals surface area (Å²) in [7, 11) is 1.56. The van der Waals surface area contributed by atoms with E-state index in [-0.39, 0.29) is 31.2 Å². The summed E-state index contributed by atoms with van der Waals surface area (Å²) in [5, 5.41) is 64.7. The summed E-state index contributed by atoms with van der Waals surface area (Å²) in [6.45, 7) is 9.04. The van der Waals surface area contributed by atoms with Gasteiger partial charge < -0.3 is 73.3 Å². The van der Waals surface area contributed by atoms with Crippen LogP contribution >= 0.6 is 0 Å². The largest absolute Gasteiger partial charge is 0.497 e. The van der Waals surface area contributed by atoms with Crippen LogP contribution in [-0.2, 0) is 94.4 Å². The van der Waals surface area contributed by atoms with Gasteiger partial charge in [-0.25, -0.2) is 9.37 Å². The molecule has 11 atom stereocenters. The Labute approximate surface area is 636 Å². The molecule has 6 aromatic rings. The van der Waals surface area contributed by atoms with Gasteiger partial charge in [-0.05, 0) is 115 Å². The second-order valence-corrected chi connectivity index (χ2v) is 28.8. The highest BCUT2D eigenvalue weighted by molar-refractivity contribution is 6.00. The third kappa shape index (κ3) is 25.8. The van der Waals surface area contributed by atoms with Crippen LogP contribution in [0.25, 0.3) is 22.3 Å². The topological polar surface area (TPSA) is 473 Å². The van der Waals surface area contributed by atoms with Crippen LogP contribution in [0.3, 0.4) is 0 Å². The lowest BCUT2D eigenvalue weighted by molar-refractivity contribution is -0.142. The van der Waals surface area contributed by atoms with E-state index in [1.165, 1.54) is 51.5 Å². The van der Waals surface area contributed by atoms with Crippen LogP contribution in [0.15, 0.2) is 128 Å². The fourth-order valence-corrected chi connectivity index (χ4v) is 12.8. The molecule has 5 aromatic carbocycles. The standard InChI is InChI=1S/C81H100FN9O19/c1-9-50-34-57(110-8)26-27-59(50)52-24-18-48(19-25-52)32-54(76(106)88-64(75(84)105)33-49-20-22-51(23-21-49)58-16-12-10-14-45(58)2)35-66(96)63(38-72(103)104)87-77(107)55(43-92)36-67(97)73(46(3)93)91-79(109)81(7,39-53-15-11-13-17-60(53)82)41-69(99)74(47(4)94)90-70(100)30-29-65(95)62(28-31-71(101)102)89-78(108)80(5,6)40-68(98)61(83)37-56-42-85-44-86-56/h10-27,34,42,44,46-47,54-55,61-64,73-74,92-94H,9,28-33,35-41,43,83H2,1-8H3,(H2,84,105)(H,85,86)(H,87,107)(H,88,106)(H,89,108)(H,90,100)(H,91,109)(H,101,102)(H,103,104)/t46?,47?,54-,55+,61+,62+,63+,64+,73+,74+,81-/m1/s1. The third-order valence-electron chi connectivity index (χ3n) is 19.4. The first-order chi connectivity index (χ1) is 52.0. The van der Waals surface area contributed by atoms with Crippen LogP contribution in [-0.4, -0.2) is 174 Å². The van der Waals surface area contributed by atoms with Crippen molar-refractivity contribution in [2.24, 2.45) is 34.1 Å². The number of aryl methyl sites for hydroxylation is 2. The summed E-state index contributed by atoms with van der Waals surface area (Å²) in [4.78, 5) is 185. The maximum atomic E-state index is 15.5. The van der Waals surface area contributed by atoms with Crippen molar-refractivity contribution >= 4 is 76.3 Å². The molecule has 29 heteroatoms. The van der Waals surface area contributed by atoms with Gasteiger partial charge in [0.05, 0.1) is 73.5 Å². The number of benzene rings is 5. The number of aromatic nitrogens is 2. The van der Waals surface area contributed by atoms with E-state index in [9.17, 15) is 87.9 Å². The van der Waals surface area contributed by atoms with Gasteiger partial charge in [-0.15, -0.1) is 0 Å². The van der Waals surface area contributed by atoms with Gasteiger partial charge in [0, 0.05) is 75.6 Å². The lowest BCUT2D eigenvalue weighted by Gasteiger charge is -2.33. The summed E-state index contributed by atoms with van der Waals surface area (Å²) >= 11 is 0. The Morgan fingerprint density at radius 2 is 1.18 bits per heavy atom. The van der Waals surface area contributed by atoms with Gasteiger partial charge >= 0.3 is 11.9 Å². The second-order valence-electron chi connectivity index (χ2n) is 28.8.